The second-order valence-corrected chi connectivity index (χ2v) is 17.1. The molecule has 6 rings (SSSR count). The molecule has 0 radical (unpaired) electrons. The first-order valence-electron chi connectivity index (χ1n) is 20.9. The zero-order valence-electron chi connectivity index (χ0n) is 35.7. The maximum absolute atomic E-state index is 12.4. The van der Waals surface area contributed by atoms with E-state index in [1.807, 2.05) is 53.7 Å². The summed E-state index contributed by atoms with van der Waals surface area (Å²) in [7, 11) is 4.26. The molecule has 4 aromatic carbocycles. The molecule has 0 bridgehead atoms. The molecular formula is C46H64N6O6. The number of aromatic hydroxyl groups is 6. The molecule has 6 N–H and O–H groups in total. The molecule has 0 amide bonds. The Balaban J connectivity index is 1.46. The Morgan fingerprint density at radius 2 is 0.879 bits per heavy atom. The number of piperazine rings is 2. The summed E-state index contributed by atoms with van der Waals surface area (Å²) in [6.07, 6.45) is 4.70. The topological polar surface area (TPSA) is 159 Å². The molecule has 0 aromatic heterocycles. The van der Waals surface area contributed by atoms with E-state index in [9.17, 15) is 30.6 Å². The third-order valence-electron chi connectivity index (χ3n) is 12.1. The fraction of sp³-hybridized carbons (Fsp3) is 0.522. The van der Waals surface area contributed by atoms with E-state index < -0.39 is 0 Å². The standard InChI is InChI=1S/C46H64N6O6/c1-27(2)35-31-23-29(5)37(43(55)39(31)33(41(53)45(35)57)25-47-11-9-13-51-19-15-49(7)16-20-51)38-30(6)24-32-36(28(3)4)46(58)42(54)34(40(32)44(38)56)26-48-12-10-14-52-21-17-50(8)18-22-52/h23-28,53-58H,9-22H2,1-8H3. The number of hydrogen-bond donors (Lipinski definition) is 6. The van der Waals surface area contributed by atoms with E-state index in [0.717, 1.165) is 78.3 Å². The van der Waals surface area contributed by atoms with E-state index in [4.69, 9.17) is 0 Å². The molecular weight excluding hydrogens is 733 g/mol. The van der Waals surface area contributed by atoms with E-state index in [1.165, 1.54) is 12.4 Å². The molecule has 12 heteroatoms. The number of aryl methyl sites for hydroxylation is 2. The molecule has 2 fully saturated rings. The Kier molecular flexibility index (Phi) is 13.4. The summed E-state index contributed by atoms with van der Waals surface area (Å²) in [6.45, 7) is 22.4. The molecule has 2 heterocycles. The molecule has 58 heavy (non-hydrogen) atoms. The van der Waals surface area contributed by atoms with Gasteiger partial charge in [-0.15, -0.1) is 0 Å². The summed E-state index contributed by atoms with van der Waals surface area (Å²) in [4.78, 5) is 18.8. The van der Waals surface area contributed by atoms with Crippen molar-refractivity contribution >= 4 is 34.0 Å². The van der Waals surface area contributed by atoms with Gasteiger partial charge in [0.05, 0.1) is 0 Å². The van der Waals surface area contributed by atoms with Crippen LogP contribution in [0.1, 0.15) is 85.8 Å². The van der Waals surface area contributed by atoms with Crippen LogP contribution in [0.2, 0.25) is 0 Å². The van der Waals surface area contributed by atoms with Crippen LogP contribution < -0.4 is 0 Å². The van der Waals surface area contributed by atoms with Gasteiger partial charge in [-0.1, -0.05) is 39.8 Å². The molecule has 0 spiro atoms. The van der Waals surface area contributed by atoms with Crippen molar-refractivity contribution < 1.29 is 30.6 Å². The predicted molar refractivity (Wildman–Crippen MR) is 237 cm³/mol. The lowest BCUT2D eigenvalue weighted by Gasteiger charge is -2.32. The Hall–Kier alpha value is -4.62. The lowest BCUT2D eigenvalue weighted by atomic mass is 9.83. The lowest BCUT2D eigenvalue weighted by molar-refractivity contribution is 0.153. The van der Waals surface area contributed by atoms with Crippen molar-refractivity contribution in [2.75, 3.05) is 92.6 Å². The molecule has 12 nitrogen and oxygen atoms in total. The normalized spacial score (nSPS) is 16.8. The third-order valence-corrected chi connectivity index (χ3v) is 12.1. The van der Waals surface area contributed by atoms with Gasteiger partial charge in [-0.2, -0.15) is 0 Å². The van der Waals surface area contributed by atoms with E-state index in [2.05, 4.69) is 43.7 Å². The van der Waals surface area contributed by atoms with Gasteiger partial charge in [-0.05, 0) is 87.6 Å². The lowest BCUT2D eigenvalue weighted by Crippen LogP contribution is -2.44. The molecule has 0 saturated carbocycles. The van der Waals surface area contributed by atoms with Crippen LogP contribution >= 0.6 is 0 Å². The van der Waals surface area contributed by atoms with Gasteiger partial charge in [0, 0.05) is 122 Å². The first kappa shape index (κ1) is 43.0. The third kappa shape index (κ3) is 8.57. The molecule has 4 aromatic rings. The van der Waals surface area contributed by atoms with Gasteiger partial charge in [0.1, 0.15) is 11.5 Å². The highest BCUT2D eigenvalue weighted by Crippen LogP contribution is 2.54. The van der Waals surface area contributed by atoms with E-state index >= 15 is 0 Å². The number of phenols is 6. The number of phenolic OH excluding ortho intramolecular Hbond substituents is 6. The second-order valence-electron chi connectivity index (χ2n) is 17.1. The fourth-order valence-electron chi connectivity index (χ4n) is 8.85. The zero-order valence-corrected chi connectivity index (χ0v) is 35.7. The molecule has 2 saturated heterocycles. The first-order chi connectivity index (χ1) is 27.6. The van der Waals surface area contributed by atoms with Crippen molar-refractivity contribution in [3.8, 4) is 45.6 Å². The van der Waals surface area contributed by atoms with Gasteiger partial charge in [-0.25, -0.2) is 0 Å². The minimum atomic E-state index is -0.364. The van der Waals surface area contributed by atoms with Crippen LogP contribution in [0.4, 0.5) is 0 Å². The van der Waals surface area contributed by atoms with Gasteiger partial charge in [0.15, 0.2) is 23.0 Å². The summed E-state index contributed by atoms with van der Waals surface area (Å²) in [5.74, 6) is -1.96. The Labute approximate surface area is 343 Å². The van der Waals surface area contributed by atoms with Crippen LogP contribution in [0.5, 0.6) is 34.5 Å². The van der Waals surface area contributed by atoms with Gasteiger partial charge in [-0.3, -0.25) is 9.98 Å². The molecule has 0 atom stereocenters. The van der Waals surface area contributed by atoms with Gasteiger partial charge < -0.3 is 50.2 Å². The minimum Gasteiger partial charge on any atom is -0.507 e. The van der Waals surface area contributed by atoms with Crippen LogP contribution in [0.25, 0.3) is 32.7 Å². The van der Waals surface area contributed by atoms with E-state index in [-0.39, 0.29) is 57.5 Å². The quantitative estimate of drug-likeness (QED) is 0.0479. The number of hydrogen-bond acceptors (Lipinski definition) is 12. The molecule has 0 aliphatic carbocycles. The van der Waals surface area contributed by atoms with Gasteiger partial charge >= 0.3 is 0 Å². The zero-order chi connectivity index (χ0) is 42.0. The van der Waals surface area contributed by atoms with E-state index in [0.29, 0.717) is 68.0 Å². The number of likely N-dealkylation sites (N-methyl/N-ethyl adjacent to an activating group) is 2. The van der Waals surface area contributed by atoms with Crippen molar-refractivity contribution in [2.24, 2.45) is 9.98 Å². The van der Waals surface area contributed by atoms with Crippen molar-refractivity contribution in [2.45, 2.75) is 66.2 Å². The predicted octanol–water partition coefficient (Wildman–Crippen LogP) is 6.87. The molecule has 0 unspecified atom stereocenters. The molecule has 2 aliphatic heterocycles. The molecule has 314 valence electrons. The molecule has 2 aliphatic rings. The van der Waals surface area contributed by atoms with Crippen molar-refractivity contribution in [3.63, 3.8) is 0 Å². The van der Waals surface area contributed by atoms with Gasteiger partial charge in [0.2, 0.25) is 0 Å². The van der Waals surface area contributed by atoms with Crippen molar-refractivity contribution in [1.29, 1.82) is 0 Å². The highest BCUT2D eigenvalue weighted by molar-refractivity contribution is 6.15. The fourth-order valence-corrected chi connectivity index (χ4v) is 8.85. The van der Waals surface area contributed by atoms with Crippen LogP contribution in [0.15, 0.2) is 22.1 Å². The number of rotatable bonds is 13. The van der Waals surface area contributed by atoms with Crippen LogP contribution in [-0.4, -0.2) is 155 Å². The minimum absolute atomic E-state index is 0.171. The number of aliphatic imine (C=N–C) groups is 2. The van der Waals surface area contributed by atoms with Gasteiger partial charge in [0.25, 0.3) is 0 Å². The Morgan fingerprint density at radius 1 is 0.534 bits per heavy atom. The monoisotopic (exact) mass is 796 g/mol. The average molecular weight is 797 g/mol. The van der Waals surface area contributed by atoms with Crippen LogP contribution in [0, 0.1) is 13.8 Å². The van der Waals surface area contributed by atoms with Crippen molar-refractivity contribution in [3.05, 3.63) is 45.5 Å². The summed E-state index contributed by atoms with van der Waals surface area (Å²) in [5, 5.41) is 72.4. The van der Waals surface area contributed by atoms with E-state index in [1.54, 1.807) is 0 Å². The highest BCUT2D eigenvalue weighted by atomic mass is 16.3. The Bertz CT molecular complexity index is 2040. The summed E-state index contributed by atoms with van der Waals surface area (Å²) >= 11 is 0. The smallest absolute Gasteiger partial charge is 0.167 e. The second kappa shape index (κ2) is 18.1. The van der Waals surface area contributed by atoms with Crippen LogP contribution in [-0.2, 0) is 0 Å². The maximum Gasteiger partial charge on any atom is 0.167 e. The highest BCUT2D eigenvalue weighted by Gasteiger charge is 2.29. The summed E-state index contributed by atoms with van der Waals surface area (Å²) in [5.41, 5.74) is 3.36. The number of benzene rings is 4. The Morgan fingerprint density at radius 3 is 1.21 bits per heavy atom. The summed E-state index contributed by atoms with van der Waals surface area (Å²) in [6, 6.07) is 3.76. The van der Waals surface area contributed by atoms with Crippen molar-refractivity contribution in [1.82, 2.24) is 19.6 Å². The number of fused-ring (bicyclic) bond motifs is 2. The maximum atomic E-state index is 12.4. The summed E-state index contributed by atoms with van der Waals surface area (Å²) < 4.78 is 0. The SMILES string of the molecule is Cc1cc2c(C(C)C)c(O)c(O)c(C=NCCCN3CCN(C)CC3)c2c(O)c1-c1c(C)cc2c(C(C)C)c(O)c(O)c(C=NCCCN3CCN(C)CC3)c2c1O. The largest absolute Gasteiger partial charge is 0.507 e. The average Bonchev–Trinajstić information content (AvgIpc) is 3.16. The van der Waals surface area contributed by atoms with Crippen LogP contribution in [0.3, 0.4) is 0 Å². The first-order valence-corrected chi connectivity index (χ1v) is 20.9. The number of nitrogens with zero attached hydrogens (tertiary/aromatic N) is 6.